The van der Waals surface area contributed by atoms with Gasteiger partial charge in [0.25, 0.3) is 0 Å². The maximum Gasteiger partial charge on any atom is 0.191 e. The first-order valence-electron chi connectivity index (χ1n) is 12.3. The zero-order chi connectivity index (χ0) is 22.5. The van der Waals surface area contributed by atoms with E-state index in [1.165, 1.54) is 25.7 Å². The molecule has 1 aromatic carbocycles. The van der Waals surface area contributed by atoms with Crippen molar-refractivity contribution < 1.29 is 14.2 Å². The second kappa shape index (κ2) is 15.7. The number of rotatable bonds is 12. The zero-order valence-electron chi connectivity index (χ0n) is 20.4. The Morgan fingerprint density at radius 1 is 1.12 bits per heavy atom. The van der Waals surface area contributed by atoms with Crippen molar-refractivity contribution in [1.29, 1.82) is 0 Å². The molecule has 33 heavy (non-hydrogen) atoms. The minimum absolute atomic E-state index is 0. The fourth-order valence-electron chi connectivity index (χ4n) is 4.62. The number of methoxy groups -OCH3 is 1. The second-order valence-corrected chi connectivity index (χ2v) is 8.91. The van der Waals surface area contributed by atoms with Gasteiger partial charge >= 0.3 is 0 Å². The zero-order valence-corrected chi connectivity index (χ0v) is 22.8. The third-order valence-electron chi connectivity index (χ3n) is 6.62. The number of halogens is 1. The highest BCUT2D eigenvalue weighted by atomic mass is 127. The van der Waals surface area contributed by atoms with Gasteiger partial charge in [-0.1, -0.05) is 31.0 Å². The molecule has 0 spiro atoms. The molecule has 0 unspecified atom stereocenters. The summed E-state index contributed by atoms with van der Waals surface area (Å²) in [6.07, 6.45) is 6.27. The van der Waals surface area contributed by atoms with Crippen LogP contribution in [-0.2, 0) is 16.0 Å². The van der Waals surface area contributed by atoms with Gasteiger partial charge in [-0.15, -0.1) is 24.0 Å². The lowest BCUT2D eigenvalue weighted by atomic mass is 9.83. The summed E-state index contributed by atoms with van der Waals surface area (Å²) in [7, 11) is 1.79. The van der Waals surface area contributed by atoms with Crippen LogP contribution in [0.4, 0.5) is 0 Å². The fourth-order valence-corrected chi connectivity index (χ4v) is 4.62. The lowest BCUT2D eigenvalue weighted by Crippen LogP contribution is -2.43. The Balaban J connectivity index is 0.00000385. The lowest BCUT2D eigenvalue weighted by Gasteiger charge is -2.30. The summed E-state index contributed by atoms with van der Waals surface area (Å²) in [6, 6.07) is 8.23. The standard InChI is InChI=1S/C25H42N4O3.HI/c1-3-26-24(28-21-25(12-16-30-2)10-6-7-11-25)27-20-22-8-4-5-9-23(22)32-19-15-29-13-17-31-18-14-29;/h4-5,8-9H,3,6-7,10-21H2,1-2H3,(H2,26,27,28);1H. The molecule has 2 aliphatic rings. The third kappa shape index (κ3) is 9.58. The number of ether oxygens (including phenoxy) is 3. The molecule has 0 amide bonds. The molecule has 1 saturated carbocycles. The van der Waals surface area contributed by atoms with Gasteiger partial charge in [-0.25, -0.2) is 4.99 Å². The van der Waals surface area contributed by atoms with Crippen LogP contribution < -0.4 is 15.4 Å². The van der Waals surface area contributed by atoms with E-state index in [2.05, 4.69) is 34.6 Å². The van der Waals surface area contributed by atoms with E-state index in [1.54, 1.807) is 7.11 Å². The molecule has 0 aromatic heterocycles. The minimum Gasteiger partial charge on any atom is -0.492 e. The predicted molar refractivity (Wildman–Crippen MR) is 145 cm³/mol. The van der Waals surface area contributed by atoms with Crippen LogP contribution in [0.1, 0.15) is 44.6 Å². The van der Waals surface area contributed by atoms with E-state index in [1.807, 2.05) is 12.1 Å². The quantitative estimate of drug-likeness (QED) is 0.226. The summed E-state index contributed by atoms with van der Waals surface area (Å²) in [5.41, 5.74) is 1.44. The van der Waals surface area contributed by atoms with Gasteiger partial charge in [0.15, 0.2) is 5.96 Å². The van der Waals surface area contributed by atoms with E-state index in [-0.39, 0.29) is 24.0 Å². The first-order valence-corrected chi connectivity index (χ1v) is 12.3. The van der Waals surface area contributed by atoms with Crippen LogP contribution in [0, 0.1) is 5.41 Å². The van der Waals surface area contributed by atoms with Crippen LogP contribution in [0.15, 0.2) is 29.3 Å². The van der Waals surface area contributed by atoms with E-state index in [0.29, 0.717) is 18.6 Å². The summed E-state index contributed by atoms with van der Waals surface area (Å²) >= 11 is 0. The highest BCUT2D eigenvalue weighted by Gasteiger charge is 2.33. The van der Waals surface area contributed by atoms with Gasteiger partial charge in [0, 0.05) is 52.0 Å². The van der Waals surface area contributed by atoms with E-state index >= 15 is 0 Å². The number of benzene rings is 1. The Hall–Kier alpha value is -1.10. The normalized spacial score (nSPS) is 18.5. The molecule has 2 N–H and O–H groups in total. The van der Waals surface area contributed by atoms with E-state index in [9.17, 15) is 0 Å². The second-order valence-electron chi connectivity index (χ2n) is 8.91. The van der Waals surface area contributed by atoms with Gasteiger partial charge in [0.1, 0.15) is 12.4 Å². The molecule has 1 saturated heterocycles. The number of morpholine rings is 1. The Kier molecular flexibility index (Phi) is 13.4. The summed E-state index contributed by atoms with van der Waals surface area (Å²) < 4.78 is 16.9. The third-order valence-corrected chi connectivity index (χ3v) is 6.62. The maximum atomic E-state index is 6.13. The van der Waals surface area contributed by atoms with Gasteiger partial charge in [-0.3, -0.25) is 4.90 Å². The van der Waals surface area contributed by atoms with Gasteiger partial charge in [-0.05, 0) is 37.7 Å². The van der Waals surface area contributed by atoms with Crippen LogP contribution in [-0.4, -0.2) is 77.1 Å². The van der Waals surface area contributed by atoms with Gasteiger partial charge in [-0.2, -0.15) is 0 Å². The van der Waals surface area contributed by atoms with Crippen LogP contribution in [0.25, 0.3) is 0 Å². The molecule has 0 radical (unpaired) electrons. The number of guanidine groups is 1. The highest BCUT2D eigenvalue weighted by Crippen LogP contribution is 2.40. The summed E-state index contributed by atoms with van der Waals surface area (Å²) in [5, 5.41) is 7.02. The average Bonchev–Trinajstić information content (AvgIpc) is 3.30. The summed E-state index contributed by atoms with van der Waals surface area (Å²) in [5.74, 6) is 1.80. The molecular formula is C25H43IN4O3. The highest BCUT2D eigenvalue weighted by molar-refractivity contribution is 14.0. The van der Waals surface area contributed by atoms with Gasteiger partial charge < -0.3 is 24.8 Å². The summed E-state index contributed by atoms with van der Waals surface area (Å²) in [4.78, 5) is 7.26. The summed E-state index contributed by atoms with van der Waals surface area (Å²) in [6.45, 7) is 10.5. The Bertz CT molecular complexity index is 692. The molecular weight excluding hydrogens is 531 g/mol. The number of para-hydroxylation sites is 1. The number of nitrogens with zero attached hydrogens (tertiary/aromatic N) is 2. The molecule has 7 nitrogen and oxygen atoms in total. The number of hydrogen-bond acceptors (Lipinski definition) is 5. The molecule has 1 aromatic rings. The van der Waals surface area contributed by atoms with Crippen LogP contribution in [0.2, 0.25) is 0 Å². The van der Waals surface area contributed by atoms with E-state index in [0.717, 1.165) is 76.2 Å². The smallest absolute Gasteiger partial charge is 0.191 e. The Morgan fingerprint density at radius 2 is 1.88 bits per heavy atom. The van der Waals surface area contributed by atoms with Crippen molar-refractivity contribution in [3.63, 3.8) is 0 Å². The van der Waals surface area contributed by atoms with Crippen LogP contribution >= 0.6 is 24.0 Å². The molecule has 3 rings (SSSR count). The van der Waals surface area contributed by atoms with Crippen LogP contribution in [0.5, 0.6) is 5.75 Å². The topological polar surface area (TPSA) is 67.4 Å². The first kappa shape index (κ1) is 28.1. The lowest BCUT2D eigenvalue weighted by molar-refractivity contribution is 0.0322. The van der Waals surface area contributed by atoms with E-state index < -0.39 is 0 Å². The monoisotopic (exact) mass is 574 g/mol. The number of aliphatic imine (C=N–C) groups is 1. The fraction of sp³-hybridized carbons (Fsp3) is 0.720. The van der Waals surface area contributed by atoms with Crippen molar-refractivity contribution in [2.75, 3.05) is 66.3 Å². The molecule has 1 heterocycles. The van der Waals surface area contributed by atoms with Crippen molar-refractivity contribution in [2.45, 2.75) is 45.6 Å². The maximum absolute atomic E-state index is 6.13. The number of nitrogens with one attached hydrogen (secondary N) is 2. The van der Waals surface area contributed by atoms with Crippen molar-refractivity contribution in [3.8, 4) is 5.75 Å². The Morgan fingerprint density at radius 3 is 2.61 bits per heavy atom. The number of hydrogen-bond donors (Lipinski definition) is 2. The molecule has 2 fully saturated rings. The average molecular weight is 575 g/mol. The Labute approximate surface area is 217 Å². The minimum atomic E-state index is 0. The van der Waals surface area contributed by atoms with Crippen molar-refractivity contribution >= 4 is 29.9 Å². The van der Waals surface area contributed by atoms with Crippen LogP contribution in [0.3, 0.4) is 0 Å². The molecule has 8 heteroatoms. The van der Waals surface area contributed by atoms with Crippen molar-refractivity contribution in [2.24, 2.45) is 10.4 Å². The first-order chi connectivity index (χ1) is 15.7. The molecule has 188 valence electrons. The van der Waals surface area contributed by atoms with Gasteiger partial charge in [0.05, 0.1) is 19.8 Å². The largest absolute Gasteiger partial charge is 0.492 e. The molecule has 1 aliphatic carbocycles. The SMILES string of the molecule is CCNC(=NCc1ccccc1OCCN1CCOCC1)NCC1(CCOC)CCCC1.I. The molecule has 0 bridgehead atoms. The molecule has 1 aliphatic heterocycles. The predicted octanol–water partition coefficient (Wildman–Crippen LogP) is 3.67. The van der Waals surface area contributed by atoms with Gasteiger partial charge in [0.2, 0.25) is 0 Å². The van der Waals surface area contributed by atoms with Crippen molar-refractivity contribution in [1.82, 2.24) is 15.5 Å². The van der Waals surface area contributed by atoms with E-state index in [4.69, 9.17) is 19.2 Å². The van der Waals surface area contributed by atoms with Crippen molar-refractivity contribution in [3.05, 3.63) is 29.8 Å². The molecule has 0 atom stereocenters.